The van der Waals surface area contributed by atoms with Gasteiger partial charge in [0, 0.05) is 31.3 Å². The van der Waals surface area contributed by atoms with Crippen LogP contribution in [0, 0.1) is 29.1 Å². The zero-order valence-electron chi connectivity index (χ0n) is 13.3. The van der Waals surface area contributed by atoms with Gasteiger partial charge in [-0.1, -0.05) is 6.92 Å². The predicted molar refractivity (Wildman–Crippen MR) is 80.6 cm³/mol. The van der Waals surface area contributed by atoms with Crippen molar-refractivity contribution in [1.82, 2.24) is 4.90 Å². The molecule has 0 bridgehead atoms. The van der Waals surface area contributed by atoms with Crippen LogP contribution in [-0.2, 0) is 9.59 Å². The van der Waals surface area contributed by atoms with Crippen LogP contribution in [0.15, 0.2) is 0 Å². The standard InChI is InChI=1S/C18H27NO2/c1-18-10-9-11-12(14(18)5-7-16(18)20)3-6-15-13(11)4-8-17(21)19(15)2/h11-15H,3-10H2,1-2H3/t11?,12?,13-,14?,15-,18+/m1/s1. The van der Waals surface area contributed by atoms with Crippen LogP contribution in [0.3, 0.4) is 0 Å². The number of amides is 1. The van der Waals surface area contributed by atoms with E-state index < -0.39 is 0 Å². The minimum absolute atomic E-state index is 0.00953. The molecule has 0 spiro atoms. The van der Waals surface area contributed by atoms with Gasteiger partial charge in [-0.05, 0) is 62.2 Å². The van der Waals surface area contributed by atoms with E-state index in [-0.39, 0.29) is 5.41 Å². The number of fused-ring (bicyclic) bond motifs is 5. The molecule has 21 heavy (non-hydrogen) atoms. The second-order valence-electron chi connectivity index (χ2n) is 8.20. The zero-order chi connectivity index (χ0) is 14.8. The highest BCUT2D eigenvalue weighted by Crippen LogP contribution is 2.60. The molecule has 1 saturated heterocycles. The van der Waals surface area contributed by atoms with E-state index in [4.69, 9.17) is 0 Å². The summed E-state index contributed by atoms with van der Waals surface area (Å²) in [5.74, 6) is 3.72. The molecule has 6 atom stereocenters. The molecule has 0 N–H and O–H groups in total. The van der Waals surface area contributed by atoms with Gasteiger partial charge >= 0.3 is 0 Å². The van der Waals surface area contributed by atoms with Gasteiger partial charge in [-0.2, -0.15) is 0 Å². The molecule has 0 aromatic rings. The van der Waals surface area contributed by atoms with Crippen molar-refractivity contribution in [2.24, 2.45) is 29.1 Å². The van der Waals surface area contributed by atoms with Crippen LogP contribution in [0.5, 0.6) is 0 Å². The topological polar surface area (TPSA) is 37.4 Å². The Morgan fingerprint density at radius 2 is 1.76 bits per heavy atom. The van der Waals surface area contributed by atoms with Crippen molar-refractivity contribution in [2.45, 2.75) is 64.3 Å². The summed E-state index contributed by atoms with van der Waals surface area (Å²) in [5, 5.41) is 0. The lowest BCUT2D eigenvalue weighted by Gasteiger charge is -2.55. The van der Waals surface area contributed by atoms with Gasteiger partial charge in [0.1, 0.15) is 5.78 Å². The third-order valence-corrected chi connectivity index (χ3v) is 7.62. The quantitative estimate of drug-likeness (QED) is 0.687. The summed E-state index contributed by atoms with van der Waals surface area (Å²) in [6.07, 6.45) is 8.48. The van der Waals surface area contributed by atoms with Gasteiger partial charge in [0.25, 0.3) is 0 Å². The molecule has 3 nitrogen and oxygen atoms in total. The first kappa shape index (κ1) is 13.8. The maximum atomic E-state index is 12.3. The third kappa shape index (κ3) is 1.78. The number of hydrogen-bond acceptors (Lipinski definition) is 2. The van der Waals surface area contributed by atoms with Gasteiger partial charge in [0.2, 0.25) is 5.91 Å². The van der Waals surface area contributed by atoms with Crippen molar-refractivity contribution in [3.63, 3.8) is 0 Å². The van der Waals surface area contributed by atoms with Crippen LogP contribution in [0.4, 0.5) is 0 Å². The average Bonchev–Trinajstić information content (AvgIpc) is 2.78. The Bertz CT molecular complexity index is 488. The fourth-order valence-corrected chi connectivity index (χ4v) is 6.44. The van der Waals surface area contributed by atoms with Gasteiger partial charge in [-0.3, -0.25) is 9.59 Å². The van der Waals surface area contributed by atoms with E-state index in [2.05, 4.69) is 6.92 Å². The minimum atomic E-state index is -0.00953. The smallest absolute Gasteiger partial charge is 0.222 e. The molecule has 116 valence electrons. The maximum absolute atomic E-state index is 12.3. The van der Waals surface area contributed by atoms with E-state index in [9.17, 15) is 9.59 Å². The summed E-state index contributed by atoms with van der Waals surface area (Å²) in [7, 11) is 2.01. The van der Waals surface area contributed by atoms with Gasteiger partial charge in [-0.25, -0.2) is 0 Å². The second-order valence-corrected chi connectivity index (χ2v) is 8.20. The summed E-state index contributed by atoms with van der Waals surface area (Å²) in [6, 6.07) is 0.481. The highest BCUT2D eigenvalue weighted by Gasteiger charge is 2.57. The number of nitrogens with zero attached hydrogens (tertiary/aromatic N) is 1. The normalized spacial score (nSPS) is 49.6. The number of ketones is 1. The first-order valence-corrected chi connectivity index (χ1v) is 8.81. The van der Waals surface area contributed by atoms with E-state index >= 15 is 0 Å². The molecule has 1 amide bonds. The van der Waals surface area contributed by atoms with E-state index in [1.54, 1.807) is 0 Å². The fraction of sp³-hybridized carbons (Fsp3) is 0.889. The number of Topliss-reactive ketones (excluding diaryl/α,β-unsaturated/α-hetero) is 1. The Balaban J connectivity index is 1.61. The number of likely N-dealkylation sites (tertiary alicyclic amines) is 1. The Hall–Kier alpha value is -0.860. The van der Waals surface area contributed by atoms with Crippen molar-refractivity contribution in [3.05, 3.63) is 0 Å². The Labute approximate surface area is 127 Å². The average molecular weight is 289 g/mol. The largest absolute Gasteiger partial charge is 0.342 e. The highest BCUT2D eigenvalue weighted by atomic mass is 16.2. The number of carbonyl (C=O) groups is 2. The third-order valence-electron chi connectivity index (χ3n) is 7.62. The van der Waals surface area contributed by atoms with Gasteiger partial charge in [0.15, 0.2) is 0 Å². The number of piperidine rings is 1. The van der Waals surface area contributed by atoms with Crippen LogP contribution in [0.25, 0.3) is 0 Å². The van der Waals surface area contributed by atoms with Crippen LogP contribution in [0.2, 0.25) is 0 Å². The monoisotopic (exact) mass is 289 g/mol. The molecule has 3 saturated carbocycles. The molecule has 3 aliphatic carbocycles. The Kier molecular flexibility index (Phi) is 3.00. The molecule has 3 heteroatoms. The highest BCUT2D eigenvalue weighted by molar-refractivity contribution is 5.87. The van der Waals surface area contributed by atoms with E-state index in [0.717, 1.165) is 50.4 Å². The summed E-state index contributed by atoms with van der Waals surface area (Å²) in [4.78, 5) is 26.3. The van der Waals surface area contributed by atoms with Crippen molar-refractivity contribution in [3.8, 4) is 0 Å². The van der Waals surface area contributed by atoms with Gasteiger partial charge in [0.05, 0.1) is 0 Å². The molecule has 1 heterocycles. The molecular formula is C18H27NO2. The number of hydrogen-bond donors (Lipinski definition) is 0. The Morgan fingerprint density at radius 1 is 0.952 bits per heavy atom. The molecular weight excluding hydrogens is 262 g/mol. The van der Waals surface area contributed by atoms with E-state index in [1.807, 2.05) is 11.9 Å². The summed E-state index contributed by atoms with van der Waals surface area (Å²) >= 11 is 0. The van der Waals surface area contributed by atoms with Gasteiger partial charge in [-0.15, -0.1) is 0 Å². The molecule has 0 radical (unpaired) electrons. The van der Waals surface area contributed by atoms with Crippen molar-refractivity contribution >= 4 is 11.7 Å². The summed E-state index contributed by atoms with van der Waals surface area (Å²) in [6.45, 7) is 2.24. The van der Waals surface area contributed by atoms with Crippen molar-refractivity contribution in [1.29, 1.82) is 0 Å². The van der Waals surface area contributed by atoms with Crippen molar-refractivity contribution in [2.75, 3.05) is 7.05 Å². The van der Waals surface area contributed by atoms with E-state index in [0.29, 0.717) is 29.6 Å². The molecule has 4 fully saturated rings. The minimum Gasteiger partial charge on any atom is -0.342 e. The van der Waals surface area contributed by atoms with Crippen LogP contribution >= 0.6 is 0 Å². The van der Waals surface area contributed by atoms with Crippen LogP contribution in [0.1, 0.15) is 58.3 Å². The van der Waals surface area contributed by atoms with Crippen LogP contribution in [-0.4, -0.2) is 29.7 Å². The lowest BCUT2D eigenvalue weighted by molar-refractivity contribution is -0.145. The van der Waals surface area contributed by atoms with Crippen molar-refractivity contribution < 1.29 is 9.59 Å². The first-order valence-electron chi connectivity index (χ1n) is 8.81. The fourth-order valence-electron chi connectivity index (χ4n) is 6.44. The Morgan fingerprint density at radius 3 is 2.57 bits per heavy atom. The molecule has 1 aliphatic heterocycles. The molecule has 0 aromatic heterocycles. The molecule has 4 rings (SSSR count). The van der Waals surface area contributed by atoms with E-state index in [1.165, 1.54) is 12.8 Å². The number of rotatable bonds is 0. The summed E-state index contributed by atoms with van der Waals surface area (Å²) in [5.41, 5.74) is -0.00953. The lowest BCUT2D eigenvalue weighted by atomic mass is 9.52. The second kappa shape index (κ2) is 4.57. The van der Waals surface area contributed by atoms with Crippen LogP contribution < -0.4 is 0 Å². The zero-order valence-corrected chi connectivity index (χ0v) is 13.3. The van der Waals surface area contributed by atoms with Gasteiger partial charge < -0.3 is 4.90 Å². The molecule has 3 unspecified atom stereocenters. The molecule has 0 aromatic carbocycles. The number of carbonyl (C=O) groups excluding carboxylic acids is 2. The predicted octanol–water partition coefficient (Wildman–Crippen LogP) is 3.03. The first-order chi connectivity index (χ1) is 10.0. The molecule has 4 aliphatic rings. The maximum Gasteiger partial charge on any atom is 0.222 e. The SMILES string of the molecule is CN1C(=O)CC[C@@H]2C3CC[C@]4(C)C(=O)CCC4C3CC[C@H]21. The summed E-state index contributed by atoms with van der Waals surface area (Å²) < 4.78 is 0. The lowest BCUT2D eigenvalue weighted by Crippen LogP contribution is -2.55.